The number of anilines is 1. The molecule has 1 saturated carbocycles. The molecule has 6 heteroatoms. The Hall–Kier alpha value is -1.30. The van der Waals surface area contributed by atoms with Crippen molar-refractivity contribution in [1.82, 2.24) is 9.88 Å². The zero-order valence-electron chi connectivity index (χ0n) is 13.5. The summed E-state index contributed by atoms with van der Waals surface area (Å²) >= 11 is 1.70. The number of guanidine groups is 1. The zero-order chi connectivity index (χ0) is 15.4. The number of nitrogens with zero attached hydrogens (tertiary/aromatic N) is 4. The van der Waals surface area contributed by atoms with Crippen molar-refractivity contribution in [3.63, 3.8) is 0 Å². The molecule has 2 fully saturated rings. The molecule has 2 heterocycles. The van der Waals surface area contributed by atoms with Crippen molar-refractivity contribution in [3.05, 3.63) is 11.6 Å². The SMILES string of the molecule is CCCC1(CN=C(N)N2CCN(c3nccs3)CC2)CCC1. The highest BCUT2D eigenvalue weighted by atomic mass is 32.1. The molecular weight excluding hydrogens is 294 g/mol. The molecule has 1 aliphatic heterocycles. The maximum atomic E-state index is 6.24. The fourth-order valence-electron chi connectivity index (χ4n) is 3.54. The van der Waals surface area contributed by atoms with Crippen molar-refractivity contribution >= 4 is 22.4 Å². The number of nitrogens with two attached hydrogens (primary N) is 1. The van der Waals surface area contributed by atoms with Gasteiger partial charge in [0, 0.05) is 44.3 Å². The van der Waals surface area contributed by atoms with E-state index in [4.69, 9.17) is 10.7 Å². The monoisotopic (exact) mass is 321 g/mol. The van der Waals surface area contributed by atoms with Gasteiger partial charge in [-0.1, -0.05) is 19.8 Å². The van der Waals surface area contributed by atoms with E-state index in [1.807, 2.05) is 11.6 Å². The van der Waals surface area contributed by atoms with Crippen LogP contribution in [0.3, 0.4) is 0 Å². The van der Waals surface area contributed by atoms with E-state index < -0.39 is 0 Å². The van der Waals surface area contributed by atoms with Gasteiger partial charge in [0.15, 0.2) is 11.1 Å². The molecule has 2 N–H and O–H groups in total. The van der Waals surface area contributed by atoms with Gasteiger partial charge in [-0.15, -0.1) is 11.3 Å². The fourth-order valence-corrected chi connectivity index (χ4v) is 4.24. The van der Waals surface area contributed by atoms with Gasteiger partial charge in [-0.25, -0.2) is 4.98 Å². The molecular formula is C16H27N5S. The third-order valence-corrected chi connectivity index (χ3v) is 5.90. The second kappa shape index (κ2) is 6.86. The summed E-state index contributed by atoms with van der Waals surface area (Å²) in [5.74, 6) is 0.737. The maximum Gasteiger partial charge on any atom is 0.191 e. The van der Waals surface area contributed by atoms with E-state index >= 15 is 0 Å². The average Bonchev–Trinajstić information content (AvgIpc) is 3.04. The van der Waals surface area contributed by atoms with Crippen LogP contribution in [0.1, 0.15) is 39.0 Å². The summed E-state index contributed by atoms with van der Waals surface area (Å²) in [6, 6.07) is 0. The number of hydrogen-bond acceptors (Lipinski definition) is 4. The summed E-state index contributed by atoms with van der Waals surface area (Å²) in [6.07, 6.45) is 8.43. The van der Waals surface area contributed by atoms with E-state index in [-0.39, 0.29) is 0 Å². The van der Waals surface area contributed by atoms with Gasteiger partial charge >= 0.3 is 0 Å². The van der Waals surface area contributed by atoms with Crippen LogP contribution in [0.4, 0.5) is 5.13 Å². The summed E-state index contributed by atoms with van der Waals surface area (Å²) in [5.41, 5.74) is 6.70. The van der Waals surface area contributed by atoms with Crippen LogP contribution in [-0.2, 0) is 0 Å². The Bertz CT molecular complexity index is 487. The lowest BCUT2D eigenvalue weighted by molar-refractivity contribution is 0.129. The summed E-state index contributed by atoms with van der Waals surface area (Å²) in [4.78, 5) is 13.7. The summed E-state index contributed by atoms with van der Waals surface area (Å²) in [6.45, 7) is 7.02. The van der Waals surface area contributed by atoms with Crippen LogP contribution in [0.5, 0.6) is 0 Å². The third kappa shape index (κ3) is 3.37. The number of piperazine rings is 1. The first-order valence-electron chi connectivity index (χ1n) is 8.42. The van der Waals surface area contributed by atoms with Gasteiger partial charge in [-0.05, 0) is 24.7 Å². The molecule has 0 aromatic carbocycles. The molecule has 0 amide bonds. The predicted molar refractivity (Wildman–Crippen MR) is 93.6 cm³/mol. The van der Waals surface area contributed by atoms with Crippen molar-refractivity contribution in [3.8, 4) is 0 Å². The molecule has 0 unspecified atom stereocenters. The van der Waals surface area contributed by atoms with E-state index in [1.54, 1.807) is 11.3 Å². The van der Waals surface area contributed by atoms with Crippen LogP contribution in [0.25, 0.3) is 0 Å². The van der Waals surface area contributed by atoms with Gasteiger partial charge < -0.3 is 15.5 Å². The molecule has 0 radical (unpaired) electrons. The molecule has 0 spiro atoms. The first-order valence-corrected chi connectivity index (χ1v) is 9.30. The predicted octanol–water partition coefficient (Wildman–Crippen LogP) is 2.55. The largest absolute Gasteiger partial charge is 0.370 e. The van der Waals surface area contributed by atoms with Crippen LogP contribution in [0.2, 0.25) is 0 Å². The maximum absolute atomic E-state index is 6.24. The fraction of sp³-hybridized carbons (Fsp3) is 0.750. The van der Waals surface area contributed by atoms with Crippen molar-refractivity contribution in [2.75, 3.05) is 37.6 Å². The molecule has 1 aromatic heterocycles. The topological polar surface area (TPSA) is 57.8 Å². The van der Waals surface area contributed by atoms with Crippen LogP contribution >= 0.6 is 11.3 Å². The Morgan fingerprint density at radius 3 is 2.68 bits per heavy atom. The molecule has 0 bridgehead atoms. The molecule has 0 atom stereocenters. The van der Waals surface area contributed by atoms with Crippen molar-refractivity contribution in [2.45, 2.75) is 39.0 Å². The highest BCUT2D eigenvalue weighted by Crippen LogP contribution is 2.44. The van der Waals surface area contributed by atoms with Gasteiger partial charge in [0.2, 0.25) is 0 Å². The quantitative estimate of drug-likeness (QED) is 0.669. The first kappa shape index (κ1) is 15.6. The number of aliphatic imine (C=N–C) groups is 1. The summed E-state index contributed by atoms with van der Waals surface area (Å²) < 4.78 is 0. The molecule has 5 nitrogen and oxygen atoms in total. The van der Waals surface area contributed by atoms with Crippen LogP contribution < -0.4 is 10.6 Å². The Morgan fingerprint density at radius 2 is 2.14 bits per heavy atom. The minimum absolute atomic E-state index is 0.460. The molecule has 22 heavy (non-hydrogen) atoms. The standard InChI is InChI=1S/C16H27N5S/c1-2-4-16(5-3-6-16)13-19-14(17)20-8-10-21(11-9-20)15-18-7-12-22-15/h7,12H,2-6,8-11,13H2,1H3,(H2,17,19). The van der Waals surface area contributed by atoms with Gasteiger partial charge in [-0.3, -0.25) is 4.99 Å². The first-order chi connectivity index (χ1) is 10.7. The lowest BCUT2D eigenvalue weighted by atomic mass is 9.66. The Kier molecular flexibility index (Phi) is 4.86. The highest BCUT2D eigenvalue weighted by molar-refractivity contribution is 7.13. The zero-order valence-corrected chi connectivity index (χ0v) is 14.3. The molecule has 2 aliphatic rings. The number of aromatic nitrogens is 1. The van der Waals surface area contributed by atoms with E-state index in [1.165, 1.54) is 32.1 Å². The number of thiazole rings is 1. The van der Waals surface area contributed by atoms with Crippen molar-refractivity contribution in [1.29, 1.82) is 0 Å². The van der Waals surface area contributed by atoms with E-state index in [2.05, 4.69) is 21.7 Å². The minimum atomic E-state index is 0.460. The number of rotatable bonds is 5. The van der Waals surface area contributed by atoms with E-state index in [0.717, 1.165) is 43.8 Å². The van der Waals surface area contributed by atoms with Crippen LogP contribution in [0, 0.1) is 5.41 Å². The smallest absolute Gasteiger partial charge is 0.191 e. The molecule has 3 rings (SSSR count). The molecule has 1 aliphatic carbocycles. The van der Waals surface area contributed by atoms with Gasteiger partial charge in [0.25, 0.3) is 0 Å². The van der Waals surface area contributed by atoms with E-state index in [9.17, 15) is 0 Å². The number of hydrogen-bond donors (Lipinski definition) is 1. The van der Waals surface area contributed by atoms with Crippen molar-refractivity contribution in [2.24, 2.45) is 16.1 Å². The Morgan fingerprint density at radius 1 is 1.36 bits per heavy atom. The lowest BCUT2D eigenvalue weighted by Gasteiger charge is -2.41. The summed E-state index contributed by atoms with van der Waals surface area (Å²) in [5, 5.41) is 3.15. The average molecular weight is 321 g/mol. The van der Waals surface area contributed by atoms with Gasteiger partial charge in [-0.2, -0.15) is 0 Å². The molecule has 122 valence electrons. The van der Waals surface area contributed by atoms with Crippen LogP contribution in [-0.4, -0.2) is 48.6 Å². The lowest BCUT2D eigenvalue weighted by Crippen LogP contribution is -2.51. The second-order valence-corrected chi connectivity index (χ2v) is 7.44. The highest BCUT2D eigenvalue weighted by Gasteiger charge is 2.35. The van der Waals surface area contributed by atoms with Crippen molar-refractivity contribution < 1.29 is 0 Å². The van der Waals surface area contributed by atoms with Gasteiger partial charge in [0.05, 0.1) is 0 Å². The van der Waals surface area contributed by atoms with E-state index in [0.29, 0.717) is 5.41 Å². The van der Waals surface area contributed by atoms with Gasteiger partial charge in [0.1, 0.15) is 0 Å². The Labute approximate surface area is 137 Å². The minimum Gasteiger partial charge on any atom is -0.370 e. The molecule has 1 aromatic rings. The normalized spacial score (nSPS) is 21.8. The van der Waals surface area contributed by atoms with Crippen LogP contribution in [0.15, 0.2) is 16.6 Å². The second-order valence-electron chi connectivity index (χ2n) is 6.57. The summed E-state index contributed by atoms with van der Waals surface area (Å²) in [7, 11) is 0. The Balaban J connectivity index is 1.51. The molecule has 1 saturated heterocycles. The third-order valence-electron chi connectivity index (χ3n) is 5.06.